The van der Waals surface area contributed by atoms with Crippen LogP contribution in [-0.4, -0.2) is 55.9 Å². The predicted molar refractivity (Wildman–Crippen MR) is 77.3 cm³/mol. The molecule has 0 aliphatic carbocycles. The van der Waals surface area contributed by atoms with E-state index < -0.39 is 45.0 Å². The zero-order chi connectivity index (χ0) is 16.8. The van der Waals surface area contributed by atoms with Crippen molar-refractivity contribution in [2.45, 2.75) is 45.3 Å². The van der Waals surface area contributed by atoms with E-state index in [-0.39, 0.29) is 13.0 Å². The molecule has 2 saturated heterocycles. The van der Waals surface area contributed by atoms with Gasteiger partial charge in [-0.3, -0.25) is 4.79 Å². The summed E-state index contributed by atoms with van der Waals surface area (Å²) in [7, 11) is -3.77. The van der Waals surface area contributed by atoms with Gasteiger partial charge in [-0.1, -0.05) is 0 Å². The fourth-order valence-corrected chi connectivity index (χ4v) is 3.78. The van der Waals surface area contributed by atoms with Gasteiger partial charge in [0.2, 0.25) is 10.0 Å². The normalized spacial score (nSPS) is 29.0. The molecule has 2 unspecified atom stereocenters. The number of sulfonamides is 1. The van der Waals surface area contributed by atoms with E-state index in [4.69, 9.17) is 14.6 Å². The summed E-state index contributed by atoms with van der Waals surface area (Å²) in [6, 6.07) is 0. The first-order valence-corrected chi connectivity index (χ1v) is 8.80. The van der Waals surface area contributed by atoms with E-state index in [0.717, 1.165) is 0 Å². The summed E-state index contributed by atoms with van der Waals surface area (Å²) in [6.07, 6.45) is -0.717. The first-order chi connectivity index (χ1) is 9.90. The largest absolute Gasteiger partial charge is 0.461 e. The average molecular weight is 334 g/mol. The molecule has 2 N–H and O–H groups in total. The minimum Gasteiger partial charge on any atom is -0.461 e. The number of carbonyl (C=O) groups is 2. The topological polar surface area (TPSA) is 116 Å². The van der Waals surface area contributed by atoms with Gasteiger partial charge in [0.1, 0.15) is 17.5 Å². The van der Waals surface area contributed by atoms with Crippen molar-refractivity contribution in [3.05, 3.63) is 0 Å². The first kappa shape index (κ1) is 17.0. The van der Waals surface area contributed by atoms with Crippen molar-refractivity contribution < 1.29 is 27.5 Å². The van der Waals surface area contributed by atoms with Crippen LogP contribution in [0, 0.1) is 5.41 Å². The molecule has 2 atom stereocenters. The lowest BCUT2D eigenvalue weighted by atomic mass is 9.81. The van der Waals surface area contributed by atoms with Gasteiger partial charge in [0.05, 0.1) is 6.42 Å². The Kier molecular flexibility index (Phi) is 4.16. The number of likely N-dealkylation sites (tertiary alicyclic amines) is 1. The third-order valence-corrected chi connectivity index (χ3v) is 4.64. The molecule has 0 radical (unpaired) electrons. The Morgan fingerprint density at radius 3 is 2.68 bits per heavy atom. The minimum atomic E-state index is -3.77. The molecular formula is C13H22N2O6S. The van der Waals surface area contributed by atoms with Gasteiger partial charge in [0.15, 0.2) is 0 Å². The van der Waals surface area contributed by atoms with Gasteiger partial charge >= 0.3 is 12.1 Å². The van der Waals surface area contributed by atoms with Crippen molar-refractivity contribution in [3.8, 4) is 0 Å². The van der Waals surface area contributed by atoms with Gasteiger partial charge in [-0.05, 0) is 27.2 Å². The Labute approximate surface area is 130 Å². The number of carbonyl (C=O) groups excluding carboxylic acids is 2. The fourth-order valence-electron chi connectivity index (χ4n) is 2.93. The molecule has 0 bridgehead atoms. The zero-order valence-electron chi connectivity index (χ0n) is 13.0. The number of hydrogen-bond acceptors (Lipinski definition) is 6. The Bertz CT molecular complexity index is 582. The summed E-state index contributed by atoms with van der Waals surface area (Å²) >= 11 is 0. The molecule has 8 nitrogen and oxygen atoms in total. The van der Waals surface area contributed by atoms with Crippen molar-refractivity contribution in [2.24, 2.45) is 10.6 Å². The van der Waals surface area contributed by atoms with Gasteiger partial charge in [0.25, 0.3) is 0 Å². The van der Waals surface area contributed by atoms with Crippen molar-refractivity contribution in [2.75, 3.05) is 18.8 Å². The maximum atomic E-state index is 12.1. The van der Waals surface area contributed by atoms with Crippen LogP contribution in [0.3, 0.4) is 0 Å². The van der Waals surface area contributed by atoms with E-state index in [1.165, 1.54) is 4.90 Å². The lowest BCUT2D eigenvalue weighted by Crippen LogP contribution is -2.42. The summed E-state index contributed by atoms with van der Waals surface area (Å²) in [6.45, 7) is 5.93. The number of primary sulfonamides is 1. The molecule has 1 amide bonds. The van der Waals surface area contributed by atoms with Gasteiger partial charge in [-0.15, -0.1) is 0 Å². The van der Waals surface area contributed by atoms with E-state index in [1.54, 1.807) is 20.8 Å². The maximum absolute atomic E-state index is 12.1. The van der Waals surface area contributed by atoms with Crippen LogP contribution in [-0.2, 0) is 24.3 Å². The number of nitrogens with two attached hydrogens (primary N) is 1. The predicted octanol–water partition coefficient (Wildman–Crippen LogP) is 0.218. The summed E-state index contributed by atoms with van der Waals surface area (Å²) < 4.78 is 33.1. The van der Waals surface area contributed by atoms with Gasteiger partial charge < -0.3 is 14.4 Å². The Morgan fingerprint density at radius 1 is 1.50 bits per heavy atom. The number of rotatable bonds is 2. The molecule has 22 heavy (non-hydrogen) atoms. The standard InChI is InChI=1S/C13H22N2O6S/c1-12(2,3)21-11(17)15-5-4-13(8-15)6-10(16)20-9(13)7-22(14,18)19/h9H,4-8H2,1-3H3,(H2,14,18,19). The summed E-state index contributed by atoms with van der Waals surface area (Å²) in [5.41, 5.74) is -1.31. The monoisotopic (exact) mass is 334 g/mol. The third kappa shape index (κ3) is 3.89. The highest BCUT2D eigenvalue weighted by molar-refractivity contribution is 7.89. The second kappa shape index (κ2) is 5.38. The van der Waals surface area contributed by atoms with Crippen molar-refractivity contribution in [1.29, 1.82) is 0 Å². The molecule has 0 aromatic heterocycles. The Balaban J connectivity index is 2.11. The van der Waals surface area contributed by atoms with Crippen molar-refractivity contribution >= 4 is 22.1 Å². The first-order valence-electron chi connectivity index (χ1n) is 7.08. The third-order valence-electron chi connectivity index (χ3n) is 3.87. The van der Waals surface area contributed by atoms with Gasteiger partial charge in [-0.2, -0.15) is 0 Å². The van der Waals surface area contributed by atoms with Crippen LogP contribution in [0.2, 0.25) is 0 Å². The molecule has 126 valence electrons. The number of amides is 1. The van der Waals surface area contributed by atoms with Crippen LogP contribution in [0.5, 0.6) is 0 Å². The zero-order valence-corrected chi connectivity index (χ0v) is 13.8. The lowest BCUT2D eigenvalue weighted by molar-refractivity contribution is -0.140. The molecule has 0 saturated carbocycles. The molecule has 0 aromatic rings. The molecular weight excluding hydrogens is 312 g/mol. The molecule has 2 heterocycles. The van der Waals surface area contributed by atoms with Crippen LogP contribution < -0.4 is 5.14 Å². The highest BCUT2D eigenvalue weighted by Gasteiger charge is 2.55. The molecule has 2 fully saturated rings. The number of hydrogen-bond donors (Lipinski definition) is 1. The number of ether oxygens (including phenoxy) is 2. The Hall–Kier alpha value is -1.35. The van der Waals surface area contributed by atoms with E-state index in [0.29, 0.717) is 13.0 Å². The van der Waals surface area contributed by atoms with Crippen LogP contribution in [0.4, 0.5) is 4.79 Å². The second-order valence-corrected chi connectivity index (χ2v) is 8.66. The number of cyclic esters (lactones) is 1. The van der Waals surface area contributed by atoms with Crippen LogP contribution in [0.25, 0.3) is 0 Å². The van der Waals surface area contributed by atoms with E-state index in [9.17, 15) is 18.0 Å². The van der Waals surface area contributed by atoms with Gasteiger partial charge in [0, 0.05) is 18.5 Å². The Morgan fingerprint density at radius 2 is 2.14 bits per heavy atom. The van der Waals surface area contributed by atoms with Crippen molar-refractivity contribution in [3.63, 3.8) is 0 Å². The lowest BCUT2D eigenvalue weighted by Gasteiger charge is -2.28. The molecule has 2 rings (SSSR count). The van der Waals surface area contributed by atoms with Crippen LogP contribution >= 0.6 is 0 Å². The molecule has 9 heteroatoms. The number of esters is 1. The smallest absolute Gasteiger partial charge is 0.410 e. The van der Waals surface area contributed by atoms with Crippen LogP contribution in [0.15, 0.2) is 0 Å². The summed E-state index contributed by atoms with van der Waals surface area (Å²) in [5, 5.41) is 5.07. The van der Waals surface area contributed by atoms with Crippen molar-refractivity contribution in [1.82, 2.24) is 4.90 Å². The summed E-state index contributed by atoms with van der Waals surface area (Å²) in [4.78, 5) is 25.2. The van der Waals surface area contributed by atoms with Gasteiger partial charge in [-0.25, -0.2) is 18.4 Å². The molecule has 2 aliphatic heterocycles. The molecule has 2 aliphatic rings. The van der Waals surface area contributed by atoms with E-state index in [2.05, 4.69) is 0 Å². The van der Waals surface area contributed by atoms with Crippen LogP contribution in [0.1, 0.15) is 33.6 Å². The quantitative estimate of drug-likeness (QED) is 0.722. The average Bonchev–Trinajstić information content (AvgIpc) is 2.80. The summed E-state index contributed by atoms with van der Waals surface area (Å²) in [5.74, 6) is -0.888. The SMILES string of the molecule is CC(C)(C)OC(=O)N1CCC2(CC(=O)OC2CS(N)(=O)=O)C1. The number of nitrogens with zero attached hydrogens (tertiary/aromatic N) is 1. The van der Waals surface area contributed by atoms with E-state index >= 15 is 0 Å². The maximum Gasteiger partial charge on any atom is 0.410 e. The highest BCUT2D eigenvalue weighted by atomic mass is 32.2. The molecule has 0 aromatic carbocycles. The minimum absolute atomic E-state index is 0.0898. The molecule has 1 spiro atoms. The van der Waals surface area contributed by atoms with E-state index in [1.807, 2.05) is 0 Å². The highest BCUT2D eigenvalue weighted by Crippen LogP contribution is 2.44. The fraction of sp³-hybridized carbons (Fsp3) is 0.846. The second-order valence-electron chi connectivity index (χ2n) is 7.00.